The van der Waals surface area contributed by atoms with Crippen LogP contribution in [0.5, 0.6) is 5.75 Å². The van der Waals surface area contributed by atoms with Crippen molar-refractivity contribution in [2.45, 2.75) is 39.7 Å². The van der Waals surface area contributed by atoms with Crippen molar-refractivity contribution in [2.24, 2.45) is 0 Å². The summed E-state index contributed by atoms with van der Waals surface area (Å²) in [7, 11) is 1.64. The highest BCUT2D eigenvalue weighted by molar-refractivity contribution is 6.08. The van der Waals surface area contributed by atoms with Crippen LogP contribution in [-0.2, 0) is 22.6 Å². The number of benzene rings is 1. The van der Waals surface area contributed by atoms with E-state index in [-0.39, 0.29) is 37.0 Å². The number of aryl methyl sites for hydroxylation is 2. The molecule has 1 aromatic heterocycles. The largest absolute Gasteiger partial charge is 0.497 e. The van der Waals surface area contributed by atoms with E-state index in [1.807, 2.05) is 44.2 Å². The number of nitrogens with zero attached hydrogens (tertiary/aromatic N) is 2. The van der Waals surface area contributed by atoms with Crippen molar-refractivity contribution in [1.29, 1.82) is 0 Å². The van der Waals surface area contributed by atoms with Crippen molar-refractivity contribution in [3.8, 4) is 5.75 Å². The molecule has 2 heterocycles. The number of amides is 2. The third-order valence-electron chi connectivity index (χ3n) is 5.11. The summed E-state index contributed by atoms with van der Waals surface area (Å²) in [6, 6.07) is 9.78. The third-order valence-corrected chi connectivity index (χ3v) is 5.11. The minimum absolute atomic E-state index is 0.166. The maximum Gasteiger partial charge on any atom is 0.230 e. The first-order chi connectivity index (χ1) is 12.9. The lowest BCUT2D eigenvalue weighted by Gasteiger charge is -2.13. The third kappa shape index (κ3) is 3.94. The van der Waals surface area contributed by atoms with Gasteiger partial charge in [-0.15, -0.1) is 0 Å². The Labute approximate surface area is 158 Å². The molecule has 0 radical (unpaired) electrons. The normalized spacial score (nSPS) is 14.1. The van der Waals surface area contributed by atoms with Crippen molar-refractivity contribution < 1.29 is 19.1 Å². The van der Waals surface area contributed by atoms with Crippen LogP contribution in [0.2, 0.25) is 0 Å². The summed E-state index contributed by atoms with van der Waals surface area (Å²) >= 11 is 0. The zero-order valence-corrected chi connectivity index (χ0v) is 15.9. The number of rotatable bonds is 7. The molecule has 3 rings (SSSR count). The van der Waals surface area contributed by atoms with Crippen molar-refractivity contribution in [1.82, 2.24) is 9.47 Å². The molecule has 1 aliphatic rings. The lowest BCUT2D eigenvalue weighted by atomic mass is 10.1. The maximum absolute atomic E-state index is 12.6. The van der Waals surface area contributed by atoms with Gasteiger partial charge in [-0.3, -0.25) is 19.3 Å². The Bertz CT molecular complexity index is 864. The molecule has 142 valence electrons. The number of Topliss-reactive ketones (excluding diaryl/α,β-unsaturated/α-hetero) is 1. The monoisotopic (exact) mass is 368 g/mol. The Morgan fingerprint density at radius 3 is 2.30 bits per heavy atom. The van der Waals surface area contributed by atoms with Gasteiger partial charge in [0, 0.05) is 36.3 Å². The fourth-order valence-corrected chi connectivity index (χ4v) is 3.49. The van der Waals surface area contributed by atoms with E-state index in [2.05, 4.69) is 4.57 Å². The number of ether oxygens (including phenoxy) is 1. The summed E-state index contributed by atoms with van der Waals surface area (Å²) in [6.07, 6.45) is 1.23. The molecule has 0 bridgehead atoms. The van der Waals surface area contributed by atoms with Crippen LogP contribution in [0.15, 0.2) is 30.3 Å². The lowest BCUT2D eigenvalue weighted by molar-refractivity contribution is -0.137. The Balaban J connectivity index is 1.70. The molecule has 0 saturated carbocycles. The number of aromatic nitrogens is 1. The minimum atomic E-state index is -0.262. The number of carbonyl (C=O) groups excluding carboxylic acids is 3. The molecule has 1 aromatic carbocycles. The summed E-state index contributed by atoms with van der Waals surface area (Å²) in [4.78, 5) is 37.2. The SMILES string of the molecule is COc1ccc(CCn2c(C)cc(C(=O)CN3C(=O)CCC3=O)c2C)cc1. The second-order valence-corrected chi connectivity index (χ2v) is 6.83. The van der Waals surface area contributed by atoms with Gasteiger partial charge in [-0.05, 0) is 44.0 Å². The Kier molecular flexibility index (Phi) is 5.44. The van der Waals surface area contributed by atoms with Crippen LogP contribution in [-0.4, -0.2) is 40.7 Å². The fraction of sp³-hybridized carbons (Fsp3) is 0.381. The van der Waals surface area contributed by atoms with Gasteiger partial charge in [0.25, 0.3) is 0 Å². The van der Waals surface area contributed by atoms with E-state index in [4.69, 9.17) is 4.74 Å². The van der Waals surface area contributed by atoms with Crippen LogP contribution >= 0.6 is 0 Å². The Morgan fingerprint density at radius 2 is 1.70 bits per heavy atom. The van der Waals surface area contributed by atoms with Gasteiger partial charge < -0.3 is 9.30 Å². The molecule has 27 heavy (non-hydrogen) atoms. The number of imide groups is 1. The molecular formula is C21H24N2O4. The van der Waals surface area contributed by atoms with Crippen LogP contribution in [0.1, 0.15) is 40.2 Å². The molecule has 1 fully saturated rings. The van der Waals surface area contributed by atoms with Crippen LogP contribution in [0.3, 0.4) is 0 Å². The van der Waals surface area contributed by atoms with Crippen molar-refractivity contribution in [3.05, 3.63) is 52.8 Å². The van der Waals surface area contributed by atoms with Crippen LogP contribution in [0.4, 0.5) is 0 Å². The fourth-order valence-electron chi connectivity index (χ4n) is 3.49. The van der Waals surface area contributed by atoms with E-state index < -0.39 is 0 Å². The average Bonchev–Trinajstić information content (AvgIpc) is 3.13. The zero-order valence-electron chi connectivity index (χ0n) is 15.9. The van der Waals surface area contributed by atoms with Crippen molar-refractivity contribution >= 4 is 17.6 Å². The molecule has 0 aliphatic carbocycles. The van der Waals surface area contributed by atoms with Crippen molar-refractivity contribution in [2.75, 3.05) is 13.7 Å². The number of hydrogen-bond donors (Lipinski definition) is 0. The van der Waals surface area contributed by atoms with Crippen molar-refractivity contribution in [3.63, 3.8) is 0 Å². The van der Waals surface area contributed by atoms with Gasteiger partial charge in [0.15, 0.2) is 5.78 Å². The lowest BCUT2D eigenvalue weighted by Crippen LogP contribution is -2.34. The second-order valence-electron chi connectivity index (χ2n) is 6.83. The number of carbonyl (C=O) groups is 3. The predicted molar refractivity (Wildman–Crippen MR) is 101 cm³/mol. The Hall–Kier alpha value is -2.89. The Morgan fingerprint density at radius 1 is 1.07 bits per heavy atom. The predicted octanol–water partition coefficient (Wildman–Crippen LogP) is 2.69. The highest BCUT2D eigenvalue weighted by Gasteiger charge is 2.31. The smallest absolute Gasteiger partial charge is 0.230 e. The van der Waals surface area contributed by atoms with Gasteiger partial charge in [0.2, 0.25) is 11.8 Å². The van der Waals surface area contributed by atoms with E-state index >= 15 is 0 Å². The van der Waals surface area contributed by atoms with E-state index in [1.165, 1.54) is 5.56 Å². The van der Waals surface area contributed by atoms with Gasteiger partial charge in [0.1, 0.15) is 5.75 Å². The van der Waals surface area contributed by atoms with Gasteiger partial charge >= 0.3 is 0 Å². The van der Waals surface area contributed by atoms with E-state index in [1.54, 1.807) is 7.11 Å². The molecule has 2 amide bonds. The van der Waals surface area contributed by atoms with Gasteiger partial charge in [0.05, 0.1) is 13.7 Å². The molecule has 0 unspecified atom stereocenters. The van der Waals surface area contributed by atoms with Gasteiger partial charge in [-0.1, -0.05) is 12.1 Å². The maximum atomic E-state index is 12.6. The number of hydrogen-bond acceptors (Lipinski definition) is 4. The molecule has 2 aromatic rings. The first kappa shape index (κ1) is 18.9. The van der Waals surface area contributed by atoms with Crippen LogP contribution < -0.4 is 4.74 Å². The molecule has 6 heteroatoms. The molecular weight excluding hydrogens is 344 g/mol. The highest BCUT2D eigenvalue weighted by atomic mass is 16.5. The summed E-state index contributed by atoms with van der Waals surface area (Å²) in [6.45, 7) is 4.45. The van der Waals surface area contributed by atoms with Crippen LogP contribution in [0, 0.1) is 13.8 Å². The van der Waals surface area contributed by atoms with Crippen LogP contribution in [0.25, 0.3) is 0 Å². The first-order valence-electron chi connectivity index (χ1n) is 9.06. The first-order valence-corrected chi connectivity index (χ1v) is 9.06. The minimum Gasteiger partial charge on any atom is -0.497 e. The average molecular weight is 368 g/mol. The summed E-state index contributed by atoms with van der Waals surface area (Å²) < 4.78 is 7.28. The summed E-state index contributed by atoms with van der Waals surface area (Å²) in [5.74, 6) is 0.108. The zero-order chi connectivity index (χ0) is 19.6. The topological polar surface area (TPSA) is 68.6 Å². The standard InChI is InChI=1S/C21H24N2O4/c1-14-12-18(19(24)13-23-20(25)8-9-21(23)26)15(2)22(14)11-10-16-4-6-17(27-3)7-5-16/h4-7,12H,8-11,13H2,1-3H3. The molecule has 0 N–H and O–H groups in total. The molecule has 1 saturated heterocycles. The van der Waals surface area contributed by atoms with E-state index in [0.29, 0.717) is 5.56 Å². The summed E-state index contributed by atoms with van der Waals surface area (Å²) in [5, 5.41) is 0. The van der Waals surface area contributed by atoms with E-state index in [9.17, 15) is 14.4 Å². The van der Waals surface area contributed by atoms with Gasteiger partial charge in [-0.25, -0.2) is 0 Å². The number of methoxy groups -OCH3 is 1. The summed E-state index contributed by atoms with van der Waals surface area (Å²) in [5.41, 5.74) is 3.62. The number of ketones is 1. The highest BCUT2D eigenvalue weighted by Crippen LogP contribution is 2.20. The quantitative estimate of drug-likeness (QED) is 0.557. The molecule has 0 spiro atoms. The van der Waals surface area contributed by atoms with E-state index in [0.717, 1.165) is 35.0 Å². The molecule has 6 nitrogen and oxygen atoms in total. The molecule has 1 aliphatic heterocycles. The van der Waals surface area contributed by atoms with Gasteiger partial charge in [-0.2, -0.15) is 0 Å². The number of likely N-dealkylation sites (tertiary alicyclic amines) is 1. The molecule has 0 atom stereocenters. The second kappa shape index (κ2) is 7.78.